The molecule has 1 heterocycles. The lowest BCUT2D eigenvalue weighted by atomic mass is 9.94. The average molecular weight is 252 g/mol. The first-order valence-corrected chi connectivity index (χ1v) is 6.54. The van der Waals surface area contributed by atoms with Crippen LogP contribution in [0.1, 0.15) is 20.3 Å². The summed E-state index contributed by atoms with van der Waals surface area (Å²) in [5, 5.41) is 0. The van der Waals surface area contributed by atoms with Crippen molar-refractivity contribution in [2.75, 3.05) is 24.6 Å². The highest BCUT2D eigenvalue weighted by atomic mass is 19.1. The van der Waals surface area contributed by atoms with E-state index in [1.807, 2.05) is 13.0 Å². The standard InChI is InChI=1S/C14H21FN2O/c1-3-18-14-5-4-11(8-12(14)15)17-7-6-13(16)10(2)9-17/h4-5,8,10,13H,3,6-7,9,16H2,1-2H3. The first kappa shape index (κ1) is 13.1. The van der Waals surface area contributed by atoms with Crippen LogP contribution < -0.4 is 15.4 Å². The minimum atomic E-state index is -0.295. The lowest BCUT2D eigenvalue weighted by Crippen LogP contribution is -2.46. The van der Waals surface area contributed by atoms with E-state index < -0.39 is 0 Å². The maximum Gasteiger partial charge on any atom is 0.167 e. The number of piperidine rings is 1. The third-order valence-corrected chi connectivity index (χ3v) is 3.55. The summed E-state index contributed by atoms with van der Waals surface area (Å²) in [6, 6.07) is 5.42. The molecule has 1 saturated heterocycles. The van der Waals surface area contributed by atoms with Gasteiger partial charge in [0.05, 0.1) is 6.61 Å². The molecule has 0 amide bonds. The average Bonchev–Trinajstić information content (AvgIpc) is 2.35. The monoisotopic (exact) mass is 252 g/mol. The van der Waals surface area contributed by atoms with Crippen LogP contribution in [0, 0.1) is 11.7 Å². The highest BCUT2D eigenvalue weighted by Gasteiger charge is 2.23. The molecule has 2 unspecified atom stereocenters. The second-order valence-electron chi connectivity index (χ2n) is 4.92. The molecular weight excluding hydrogens is 231 g/mol. The van der Waals surface area contributed by atoms with Crippen LogP contribution in [0.4, 0.5) is 10.1 Å². The molecule has 0 bridgehead atoms. The van der Waals surface area contributed by atoms with Gasteiger partial charge in [-0.25, -0.2) is 4.39 Å². The van der Waals surface area contributed by atoms with Gasteiger partial charge in [0.1, 0.15) is 0 Å². The van der Waals surface area contributed by atoms with Crippen molar-refractivity contribution in [1.82, 2.24) is 0 Å². The van der Waals surface area contributed by atoms with E-state index in [2.05, 4.69) is 11.8 Å². The number of hydrogen-bond donors (Lipinski definition) is 1. The molecular formula is C14H21FN2O. The molecule has 0 aliphatic carbocycles. The van der Waals surface area contributed by atoms with Crippen LogP contribution in [0.5, 0.6) is 5.75 Å². The molecule has 0 radical (unpaired) electrons. The van der Waals surface area contributed by atoms with Gasteiger partial charge in [0.25, 0.3) is 0 Å². The zero-order valence-corrected chi connectivity index (χ0v) is 11.0. The molecule has 1 aromatic rings. The second kappa shape index (κ2) is 5.57. The zero-order chi connectivity index (χ0) is 13.1. The van der Waals surface area contributed by atoms with E-state index in [0.29, 0.717) is 18.3 Å². The fraction of sp³-hybridized carbons (Fsp3) is 0.571. The molecule has 1 aliphatic heterocycles. The lowest BCUT2D eigenvalue weighted by molar-refractivity contribution is 0.321. The van der Waals surface area contributed by atoms with Gasteiger partial charge in [-0.1, -0.05) is 6.92 Å². The van der Waals surface area contributed by atoms with E-state index >= 15 is 0 Å². The van der Waals surface area contributed by atoms with Crippen LogP contribution in [0.25, 0.3) is 0 Å². The minimum absolute atomic E-state index is 0.258. The third-order valence-electron chi connectivity index (χ3n) is 3.55. The zero-order valence-electron chi connectivity index (χ0n) is 11.0. The van der Waals surface area contributed by atoms with E-state index in [-0.39, 0.29) is 11.9 Å². The molecule has 2 atom stereocenters. The Kier molecular flexibility index (Phi) is 4.07. The van der Waals surface area contributed by atoms with Gasteiger partial charge in [0.15, 0.2) is 11.6 Å². The largest absolute Gasteiger partial charge is 0.491 e. The Morgan fingerprint density at radius 3 is 2.89 bits per heavy atom. The first-order valence-electron chi connectivity index (χ1n) is 6.54. The number of nitrogens with two attached hydrogens (primary N) is 1. The smallest absolute Gasteiger partial charge is 0.167 e. The Bertz CT molecular complexity index is 411. The molecule has 2 rings (SSSR count). The van der Waals surface area contributed by atoms with Crippen LogP contribution in [0.15, 0.2) is 18.2 Å². The molecule has 2 N–H and O–H groups in total. The van der Waals surface area contributed by atoms with E-state index in [1.54, 1.807) is 12.1 Å². The van der Waals surface area contributed by atoms with Crippen LogP contribution in [0.3, 0.4) is 0 Å². The van der Waals surface area contributed by atoms with Crippen LogP contribution in [-0.2, 0) is 0 Å². The number of hydrogen-bond acceptors (Lipinski definition) is 3. The van der Waals surface area contributed by atoms with Gasteiger partial charge in [-0.2, -0.15) is 0 Å². The minimum Gasteiger partial charge on any atom is -0.491 e. The maximum absolute atomic E-state index is 13.8. The number of halogens is 1. The van der Waals surface area contributed by atoms with Crippen LogP contribution in [-0.4, -0.2) is 25.7 Å². The fourth-order valence-corrected chi connectivity index (χ4v) is 2.36. The summed E-state index contributed by atoms with van der Waals surface area (Å²) < 4.78 is 19.0. The lowest BCUT2D eigenvalue weighted by Gasteiger charge is -2.36. The van der Waals surface area contributed by atoms with Crippen molar-refractivity contribution in [3.63, 3.8) is 0 Å². The van der Waals surface area contributed by atoms with Crippen molar-refractivity contribution in [2.24, 2.45) is 11.7 Å². The van der Waals surface area contributed by atoms with Crippen LogP contribution in [0.2, 0.25) is 0 Å². The summed E-state index contributed by atoms with van der Waals surface area (Å²) in [7, 11) is 0. The highest BCUT2D eigenvalue weighted by Crippen LogP contribution is 2.27. The molecule has 0 saturated carbocycles. The quantitative estimate of drug-likeness (QED) is 0.897. The second-order valence-corrected chi connectivity index (χ2v) is 4.92. The topological polar surface area (TPSA) is 38.5 Å². The molecule has 1 aromatic carbocycles. The fourth-order valence-electron chi connectivity index (χ4n) is 2.36. The van der Waals surface area contributed by atoms with E-state index in [9.17, 15) is 4.39 Å². The first-order chi connectivity index (χ1) is 8.61. The predicted molar refractivity (Wildman–Crippen MR) is 71.5 cm³/mol. The SMILES string of the molecule is CCOc1ccc(N2CCC(N)C(C)C2)cc1F. The Morgan fingerprint density at radius 1 is 1.50 bits per heavy atom. The van der Waals surface area contributed by atoms with Gasteiger partial charge in [-0.05, 0) is 31.4 Å². The van der Waals surface area contributed by atoms with Crippen molar-refractivity contribution in [2.45, 2.75) is 26.3 Å². The van der Waals surface area contributed by atoms with Gasteiger partial charge in [-0.15, -0.1) is 0 Å². The summed E-state index contributed by atoms with van der Waals surface area (Å²) in [5.41, 5.74) is 6.90. The summed E-state index contributed by atoms with van der Waals surface area (Å²) in [4.78, 5) is 2.19. The van der Waals surface area contributed by atoms with Gasteiger partial charge < -0.3 is 15.4 Å². The molecule has 1 aliphatic rings. The summed E-state index contributed by atoms with van der Waals surface area (Å²) in [6.45, 7) is 6.24. The Balaban J connectivity index is 2.12. The van der Waals surface area contributed by atoms with Crippen LogP contribution >= 0.6 is 0 Å². The summed E-state index contributed by atoms with van der Waals surface area (Å²) >= 11 is 0. The Labute approximate surface area is 108 Å². The number of benzene rings is 1. The molecule has 18 heavy (non-hydrogen) atoms. The van der Waals surface area contributed by atoms with Gasteiger partial charge in [0, 0.05) is 30.9 Å². The Morgan fingerprint density at radius 2 is 2.28 bits per heavy atom. The third kappa shape index (κ3) is 2.75. The number of anilines is 1. The molecule has 0 spiro atoms. The van der Waals surface area contributed by atoms with Gasteiger partial charge in [-0.3, -0.25) is 0 Å². The molecule has 4 heteroatoms. The summed E-state index contributed by atoms with van der Waals surface area (Å²) in [5.74, 6) is 0.466. The molecule has 1 fully saturated rings. The van der Waals surface area contributed by atoms with Crippen molar-refractivity contribution >= 4 is 5.69 Å². The molecule has 0 aromatic heterocycles. The highest BCUT2D eigenvalue weighted by molar-refractivity contribution is 5.50. The van der Waals surface area contributed by atoms with Crippen molar-refractivity contribution in [3.8, 4) is 5.75 Å². The van der Waals surface area contributed by atoms with Gasteiger partial charge in [0.2, 0.25) is 0 Å². The number of ether oxygens (including phenoxy) is 1. The van der Waals surface area contributed by atoms with E-state index in [0.717, 1.165) is 25.2 Å². The van der Waals surface area contributed by atoms with Crippen molar-refractivity contribution in [3.05, 3.63) is 24.0 Å². The number of nitrogens with zero attached hydrogens (tertiary/aromatic N) is 1. The van der Waals surface area contributed by atoms with Crippen molar-refractivity contribution < 1.29 is 9.13 Å². The Hall–Kier alpha value is -1.29. The number of rotatable bonds is 3. The molecule has 3 nitrogen and oxygen atoms in total. The summed E-state index contributed by atoms with van der Waals surface area (Å²) in [6.07, 6.45) is 0.954. The predicted octanol–water partition coefficient (Wildman–Crippen LogP) is 2.40. The maximum atomic E-state index is 13.8. The van der Waals surface area contributed by atoms with E-state index in [4.69, 9.17) is 10.5 Å². The van der Waals surface area contributed by atoms with Crippen molar-refractivity contribution in [1.29, 1.82) is 0 Å². The van der Waals surface area contributed by atoms with E-state index in [1.165, 1.54) is 0 Å². The normalized spacial score (nSPS) is 24.1. The molecule has 100 valence electrons. The van der Waals surface area contributed by atoms with Gasteiger partial charge >= 0.3 is 0 Å².